The van der Waals surface area contributed by atoms with E-state index in [0.29, 0.717) is 32.2 Å². The second-order valence-corrected chi connectivity index (χ2v) is 7.01. The Morgan fingerprint density at radius 1 is 1.10 bits per heavy atom. The third-order valence-corrected chi connectivity index (χ3v) is 5.09. The van der Waals surface area contributed by atoms with E-state index in [1.54, 1.807) is 16.8 Å². The van der Waals surface area contributed by atoms with Crippen LogP contribution in [0, 0.1) is 10.1 Å². The molecule has 1 fully saturated rings. The van der Waals surface area contributed by atoms with Crippen molar-refractivity contribution in [2.24, 2.45) is 0 Å². The van der Waals surface area contributed by atoms with E-state index in [-0.39, 0.29) is 18.1 Å². The normalized spacial score (nSPS) is 15.1. The van der Waals surface area contributed by atoms with Crippen LogP contribution in [-0.4, -0.2) is 55.5 Å². The van der Waals surface area contributed by atoms with Crippen LogP contribution in [0.1, 0.15) is 5.56 Å². The number of rotatable bonds is 5. The molecule has 10 heteroatoms. The number of hydrogen-bond acceptors (Lipinski definition) is 5. The SMILES string of the molecule is CN(C(=O)CN1CCN(c2ccc(C(F)(F)F)cc2[N+](=O)[O-])CC1)c1ccccc1. The quantitative estimate of drug-likeness (QED) is 0.546. The molecular weight excluding hydrogens is 401 g/mol. The number of nitro benzene ring substituents is 1. The van der Waals surface area contributed by atoms with Crippen molar-refractivity contribution < 1.29 is 22.9 Å². The van der Waals surface area contributed by atoms with Gasteiger partial charge in [-0.3, -0.25) is 19.8 Å². The van der Waals surface area contributed by atoms with E-state index in [1.165, 1.54) is 0 Å². The number of amides is 1. The molecule has 2 aromatic carbocycles. The number of carbonyl (C=O) groups is 1. The summed E-state index contributed by atoms with van der Waals surface area (Å²) >= 11 is 0. The lowest BCUT2D eigenvalue weighted by atomic mass is 10.1. The molecule has 2 aromatic rings. The Kier molecular flexibility index (Phi) is 6.25. The molecular formula is C20H21F3N4O3. The van der Waals surface area contributed by atoms with E-state index in [4.69, 9.17) is 0 Å². The fraction of sp³-hybridized carbons (Fsp3) is 0.350. The van der Waals surface area contributed by atoms with E-state index in [1.807, 2.05) is 35.2 Å². The van der Waals surface area contributed by atoms with Crippen molar-refractivity contribution in [3.63, 3.8) is 0 Å². The highest BCUT2D eigenvalue weighted by atomic mass is 19.4. The second-order valence-electron chi connectivity index (χ2n) is 7.01. The van der Waals surface area contributed by atoms with Crippen molar-refractivity contribution in [2.45, 2.75) is 6.18 Å². The Morgan fingerprint density at radius 2 is 1.73 bits per heavy atom. The number of halogens is 3. The maximum atomic E-state index is 12.9. The summed E-state index contributed by atoms with van der Waals surface area (Å²) in [5.41, 5.74) is -0.689. The first-order valence-electron chi connectivity index (χ1n) is 9.31. The number of carbonyl (C=O) groups excluding carboxylic acids is 1. The van der Waals surface area contributed by atoms with Crippen molar-refractivity contribution in [2.75, 3.05) is 49.6 Å². The highest BCUT2D eigenvalue weighted by molar-refractivity contribution is 5.94. The van der Waals surface area contributed by atoms with Gasteiger partial charge in [0.1, 0.15) is 5.69 Å². The standard InChI is InChI=1S/C20H21F3N4O3/c1-24(16-5-3-2-4-6-16)19(28)14-25-9-11-26(12-10-25)17-8-7-15(20(21,22)23)13-18(17)27(29)30/h2-8,13H,9-12,14H2,1H3. The first-order valence-corrected chi connectivity index (χ1v) is 9.31. The van der Waals surface area contributed by atoms with Gasteiger partial charge in [-0.2, -0.15) is 13.2 Å². The minimum absolute atomic E-state index is 0.0878. The number of piperazine rings is 1. The molecule has 0 saturated carbocycles. The van der Waals surface area contributed by atoms with Gasteiger partial charge < -0.3 is 9.80 Å². The van der Waals surface area contributed by atoms with Crippen molar-refractivity contribution >= 4 is 23.0 Å². The van der Waals surface area contributed by atoms with Gasteiger partial charge in [-0.05, 0) is 24.3 Å². The molecule has 1 amide bonds. The molecule has 0 atom stereocenters. The number of alkyl halides is 3. The molecule has 0 unspecified atom stereocenters. The molecule has 1 saturated heterocycles. The van der Waals surface area contributed by atoms with Gasteiger partial charge in [0.05, 0.1) is 17.0 Å². The summed E-state index contributed by atoms with van der Waals surface area (Å²) in [4.78, 5) is 28.2. The molecule has 30 heavy (non-hydrogen) atoms. The van der Waals surface area contributed by atoms with E-state index in [0.717, 1.165) is 17.8 Å². The van der Waals surface area contributed by atoms with Gasteiger partial charge in [-0.25, -0.2) is 0 Å². The maximum absolute atomic E-state index is 12.9. The third-order valence-electron chi connectivity index (χ3n) is 5.09. The van der Waals surface area contributed by atoms with Crippen molar-refractivity contribution in [1.29, 1.82) is 0 Å². The number of nitrogens with zero attached hydrogens (tertiary/aromatic N) is 4. The Morgan fingerprint density at radius 3 is 2.30 bits per heavy atom. The van der Waals surface area contributed by atoms with Gasteiger partial charge in [0, 0.05) is 45.0 Å². The van der Waals surface area contributed by atoms with Crippen LogP contribution >= 0.6 is 0 Å². The lowest BCUT2D eigenvalue weighted by Crippen LogP contribution is -2.50. The van der Waals surface area contributed by atoms with Crippen LogP contribution < -0.4 is 9.80 Å². The van der Waals surface area contributed by atoms with Gasteiger partial charge in [-0.1, -0.05) is 18.2 Å². The molecule has 1 heterocycles. The topological polar surface area (TPSA) is 69.9 Å². The Hall–Kier alpha value is -3.14. The summed E-state index contributed by atoms with van der Waals surface area (Å²) in [6.45, 7) is 1.86. The van der Waals surface area contributed by atoms with Gasteiger partial charge in [0.15, 0.2) is 0 Å². The van der Waals surface area contributed by atoms with E-state index in [2.05, 4.69) is 0 Å². The lowest BCUT2D eigenvalue weighted by molar-refractivity contribution is -0.384. The minimum Gasteiger partial charge on any atom is -0.363 e. The van der Waals surface area contributed by atoms with Crippen molar-refractivity contribution in [3.05, 3.63) is 64.2 Å². The zero-order chi connectivity index (χ0) is 21.9. The molecule has 0 radical (unpaired) electrons. The lowest BCUT2D eigenvalue weighted by Gasteiger charge is -2.36. The van der Waals surface area contributed by atoms with Crippen molar-refractivity contribution in [1.82, 2.24) is 4.90 Å². The van der Waals surface area contributed by atoms with Crippen LogP contribution in [0.15, 0.2) is 48.5 Å². The smallest absolute Gasteiger partial charge is 0.363 e. The molecule has 160 valence electrons. The van der Waals surface area contributed by atoms with Gasteiger partial charge in [0.2, 0.25) is 5.91 Å². The molecule has 0 bridgehead atoms. The van der Waals surface area contributed by atoms with Crippen molar-refractivity contribution in [3.8, 4) is 0 Å². The van der Waals surface area contributed by atoms with Crippen LogP contribution in [0.5, 0.6) is 0 Å². The largest absolute Gasteiger partial charge is 0.416 e. The Balaban J connectivity index is 1.64. The fourth-order valence-electron chi connectivity index (χ4n) is 3.35. The maximum Gasteiger partial charge on any atom is 0.416 e. The number of nitro groups is 1. The summed E-state index contributed by atoms with van der Waals surface area (Å²) in [5.74, 6) is -0.0878. The summed E-state index contributed by atoms with van der Waals surface area (Å²) in [6.07, 6.45) is -4.65. The molecule has 1 aliphatic heterocycles. The number of hydrogen-bond donors (Lipinski definition) is 0. The highest BCUT2D eigenvalue weighted by Gasteiger charge is 2.34. The number of para-hydroxylation sites is 1. The second kappa shape index (κ2) is 8.70. The summed E-state index contributed by atoms with van der Waals surface area (Å²) in [6, 6.07) is 11.8. The summed E-state index contributed by atoms with van der Waals surface area (Å²) in [5, 5.41) is 11.3. The zero-order valence-corrected chi connectivity index (χ0v) is 16.3. The molecule has 3 rings (SSSR count). The average molecular weight is 422 g/mol. The molecule has 7 nitrogen and oxygen atoms in total. The molecule has 0 N–H and O–H groups in total. The van der Waals surface area contributed by atoms with Gasteiger partial charge >= 0.3 is 6.18 Å². The molecule has 0 aromatic heterocycles. The highest BCUT2D eigenvalue weighted by Crippen LogP contribution is 2.36. The fourth-order valence-corrected chi connectivity index (χ4v) is 3.35. The first kappa shape index (κ1) is 21.6. The predicted octanol–water partition coefficient (Wildman–Crippen LogP) is 3.40. The Labute approximate surface area is 171 Å². The first-order chi connectivity index (χ1) is 14.2. The minimum atomic E-state index is -4.65. The Bertz CT molecular complexity index is 913. The van der Waals surface area contributed by atoms with Crippen LogP contribution in [0.25, 0.3) is 0 Å². The van der Waals surface area contributed by atoms with Crippen LogP contribution in [0.4, 0.5) is 30.2 Å². The van der Waals surface area contributed by atoms with E-state index in [9.17, 15) is 28.1 Å². The molecule has 0 aliphatic carbocycles. The number of likely N-dealkylation sites (N-methyl/N-ethyl adjacent to an activating group) is 1. The summed E-state index contributed by atoms with van der Waals surface area (Å²) < 4.78 is 38.7. The van der Waals surface area contributed by atoms with Crippen LogP contribution in [0.3, 0.4) is 0 Å². The van der Waals surface area contributed by atoms with Gasteiger partial charge in [-0.15, -0.1) is 0 Å². The summed E-state index contributed by atoms with van der Waals surface area (Å²) in [7, 11) is 1.69. The molecule has 0 spiro atoms. The van der Waals surface area contributed by atoms with Gasteiger partial charge in [0.25, 0.3) is 5.69 Å². The molecule has 1 aliphatic rings. The monoisotopic (exact) mass is 422 g/mol. The van der Waals surface area contributed by atoms with E-state index < -0.39 is 22.4 Å². The number of benzene rings is 2. The number of anilines is 2. The van der Waals surface area contributed by atoms with Crippen LogP contribution in [-0.2, 0) is 11.0 Å². The zero-order valence-electron chi connectivity index (χ0n) is 16.3. The van der Waals surface area contributed by atoms with E-state index >= 15 is 0 Å². The average Bonchev–Trinajstić information content (AvgIpc) is 2.73. The van der Waals surface area contributed by atoms with Crippen LogP contribution in [0.2, 0.25) is 0 Å². The predicted molar refractivity (Wildman–Crippen MR) is 107 cm³/mol. The third kappa shape index (κ3) is 4.88.